The molecule has 4 nitrogen and oxygen atoms in total. The van der Waals surface area contributed by atoms with Crippen molar-refractivity contribution in [3.8, 4) is 11.3 Å². The molecule has 1 aromatic rings. The molecule has 0 fully saturated rings. The summed E-state index contributed by atoms with van der Waals surface area (Å²) in [5.41, 5.74) is 2.27. The van der Waals surface area contributed by atoms with Crippen molar-refractivity contribution < 1.29 is 9.53 Å². The van der Waals surface area contributed by atoms with Crippen LogP contribution in [0, 0.1) is 0 Å². The SMILES string of the molecule is COC(=O)c1ccc2cccc3nncc-3c2c1. The van der Waals surface area contributed by atoms with Crippen LogP contribution in [0.4, 0.5) is 0 Å². The summed E-state index contributed by atoms with van der Waals surface area (Å²) < 4.78 is 4.73. The molecule has 18 heavy (non-hydrogen) atoms. The topological polar surface area (TPSA) is 52.1 Å². The molecule has 0 radical (unpaired) electrons. The minimum atomic E-state index is -0.343. The van der Waals surface area contributed by atoms with Crippen LogP contribution in [0.3, 0.4) is 0 Å². The van der Waals surface area contributed by atoms with Crippen molar-refractivity contribution in [3.05, 3.63) is 48.2 Å². The van der Waals surface area contributed by atoms with E-state index < -0.39 is 0 Å². The lowest BCUT2D eigenvalue weighted by molar-refractivity contribution is 0.0601. The van der Waals surface area contributed by atoms with E-state index in [-0.39, 0.29) is 5.97 Å². The number of esters is 1. The molecule has 1 aliphatic heterocycles. The van der Waals surface area contributed by atoms with Crippen molar-refractivity contribution in [1.82, 2.24) is 10.2 Å². The van der Waals surface area contributed by atoms with Crippen LogP contribution in [0.15, 0.2) is 42.6 Å². The van der Waals surface area contributed by atoms with E-state index in [2.05, 4.69) is 10.2 Å². The van der Waals surface area contributed by atoms with Crippen LogP contribution in [-0.4, -0.2) is 23.3 Å². The summed E-state index contributed by atoms with van der Waals surface area (Å²) in [6.45, 7) is 0. The maximum Gasteiger partial charge on any atom is 0.337 e. The molecule has 0 unspecified atom stereocenters. The van der Waals surface area contributed by atoms with Gasteiger partial charge in [-0.25, -0.2) is 4.79 Å². The molecule has 1 aromatic carbocycles. The third kappa shape index (κ3) is 1.59. The van der Waals surface area contributed by atoms with Crippen molar-refractivity contribution in [2.75, 3.05) is 7.11 Å². The number of rotatable bonds is 1. The van der Waals surface area contributed by atoms with Crippen molar-refractivity contribution >= 4 is 16.7 Å². The normalized spacial score (nSPS) is 10.7. The molecule has 0 amide bonds. The maximum atomic E-state index is 11.6. The first-order chi connectivity index (χ1) is 8.79. The Morgan fingerprint density at radius 1 is 1.22 bits per heavy atom. The number of aromatic nitrogens is 2. The first-order valence-electron chi connectivity index (χ1n) is 5.52. The molecule has 3 rings (SSSR count). The van der Waals surface area contributed by atoms with E-state index in [1.165, 1.54) is 7.11 Å². The summed E-state index contributed by atoms with van der Waals surface area (Å²) >= 11 is 0. The monoisotopic (exact) mass is 238 g/mol. The molecule has 0 N–H and O–H groups in total. The molecule has 0 spiro atoms. The first-order valence-corrected chi connectivity index (χ1v) is 5.52. The average molecular weight is 238 g/mol. The highest BCUT2D eigenvalue weighted by Crippen LogP contribution is 2.28. The van der Waals surface area contributed by atoms with Gasteiger partial charge in [0, 0.05) is 5.56 Å². The largest absolute Gasteiger partial charge is 0.465 e. The van der Waals surface area contributed by atoms with E-state index in [4.69, 9.17) is 4.74 Å². The summed E-state index contributed by atoms with van der Waals surface area (Å²) in [6, 6.07) is 11.3. The molecule has 0 atom stereocenters. The van der Waals surface area contributed by atoms with E-state index in [0.717, 1.165) is 22.0 Å². The Morgan fingerprint density at radius 2 is 2.11 bits per heavy atom. The fraction of sp³-hybridized carbons (Fsp3) is 0.0714. The molecule has 0 bridgehead atoms. The van der Waals surface area contributed by atoms with Gasteiger partial charge in [0.25, 0.3) is 0 Å². The summed E-state index contributed by atoms with van der Waals surface area (Å²) in [4.78, 5) is 11.6. The molecule has 0 saturated heterocycles. The summed E-state index contributed by atoms with van der Waals surface area (Å²) in [5, 5.41) is 9.93. The van der Waals surface area contributed by atoms with Crippen molar-refractivity contribution in [2.24, 2.45) is 0 Å². The maximum absolute atomic E-state index is 11.6. The Bertz CT molecular complexity index is 709. The van der Waals surface area contributed by atoms with Gasteiger partial charge < -0.3 is 4.74 Å². The summed E-state index contributed by atoms with van der Waals surface area (Å²) in [5.74, 6) is -0.343. The van der Waals surface area contributed by atoms with E-state index >= 15 is 0 Å². The lowest BCUT2D eigenvalue weighted by Gasteiger charge is -2.01. The zero-order valence-corrected chi connectivity index (χ0v) is 9.75. The number of methoxy groups -OCH3 is 1. The highest BCUT2D eigenvalue weighted by molar-refractivity contribution is 6.00. The minimum Gasteiger partial charge on any atom is -0.465 e. The molecular weight excluding hydrogens is 228 g/mol. The van der Waals surface area contributed by atoms with Gasteiger partial charge in [-0.1, -0.05) is 18.2 Å². The Morgan fingerprint density at radius 3 is 2.94 bits per heavy atom. The lowest BCUT2D eigenvalue weighted by Crippen LogP contribution is -2.00. The fourth-order valence-electron chi connectivity index (χ4n) is 2.02. The van der Waals surface area contributed by atoms with Crippen LogP contribution >= 0.6 is 0 Å². The van der Waals surface area contributed by atoms with Crippen LogP contribution in [0.25, 0.3) is 22.0 Å². The molecule has 1 heterocycles. The highest BCUT2D eigenvalue weighted by Gasteiger charge is 2.11. The quantitative estimate of drug-likeness (QED) is 0.611. The second-order valence-corrected chi connectivity index (χ2v) is 3.96. The number of hydrogen-bond donors (Lipinski definition) is 0. The van der Waals surface area contributed by atoms with Crippen LogP contribution in [0.2, 0.25) is 0 Å². The van der Waals surface area contributed by atoms with Gasteiger partial charge in [0.2, 0.25) is 0 Å². The highest BCUT2D eigenvalue weighted by atomic mass is 16.5. The summed E-state index contributed by atoms with van der Waals surface area (Å²) in [6.07, 6.45) is 1.71. The molecule has 4 heteroatoms. The molecule has 0 saturated carbocycles. The minimum absolute atomic E-state index is 0.343. The van der Waals surface area contributed by atoms with Gasteiger partial charge in [-0.3, -0.25) is 0 Å². The number of benzene rings is 1. The van der Waals surface area contributed by atoms with Crippen LogP contribution < -0.4 is 0 Å². The lowest BCUT2D eigenvalue weighted by atomic mass is 10.0. The number of carbonyl (C=O) groups is 1. The average Bonchev–Trinajstić information content (AvgIpc) is 2.80. The first kappa shape index (κ1) is 10.7. The number of carbonyl (C=O) groups excluding carboxylic acids is 1. The fourth-order valence-corrected chi connectivity index (χ4v) is 2.02. The second kappa shape index (κ2) is 4.07. The Labute approximate surface area is 104 Å². The number of nitrogens with zero attached hydrogens (tertiary/aromatic N) is 2. The predicted molar refractivity (Wildman–Crippen MR) is 67.5 cm³/mol. The van der Waals surface area contributed by atoms with Crippen molar-refractivity contribution in [1.29, 1.82) is 0 Å². The number of fused-ring (bicyclic) bond motifs is 3. The standard InChI is InChI=1S/C14H10N2O2/c1-18-14(17)10-6-5-9-3-2-4-13-12(8-15-16-13)11(9)7-10/h2-8H,1H3. The van der Waals surface area contributed by atoms with Crippen molar-refractivity contribution in [3.63, 3.8) is 0 Å². The second-order valence-electron chi connectivity index (χ2n) is 3.96. The molecule has 0 aromatic heterocycles. The van der Waals surface area contributed by atoms with E-state index in [9.17, 15) is 4.79 Å². The van der Waals surface area contributed by atoms with E-state index in [1.54, 1.807) is 12.3 Å². The van der Waals surface area contributed by atoms with Crippen LogP contribution in [-0.2, 0) is 4.74 Å². The zero-order chi connectivity index (χ0) is 12.5. The zero-order valence-electron chi connectivity index (χ0n) is 9.75. The van der Waals surface area contributed by atoms with Crippen LogP contribution in [0.1, 0.15) is 10.4 Å². The van der Waals surface area contributed by atoms with Gasteiger partial charge in [0.1, 0.15) is 0 Å². The molecular formula is C14H10N2O2. The third-order valence-corrected chi connectivity index (χ3v) is 2.92. The van der Waals surface area contributed by atoms with Gasteiger partial charge in [-0.05, 0) is 29.0 Å². The van der Waals surface area contributed by atoms with Gasteiger partial charge in [0.05, 0.1) is 24.6 Å². The number of hydrogen-bond acceptors (Lipinski definition) is 4. The summed E-state index contributed by atoms with van der Waals surface area (Å²) in [7, 11) is 1.37. The van der Waals surface area contributed by atoms with Gasteiger partial charge >= 0.3 is 5.97 Å². The predicted octanol–water partition coefficient (Wildman–Crippen LogP) is 2.52. The third-order valence-electron chi connectivity index (χ3n) is 2.92. The molecule has 1 aliphatic carbocycles. The van der Waals surface area contributed by atoms with Crippen molar-refractivity contribution in [2.45, 2.75) is 0 Å². The smallest absolute Gasteiger partial charge is 0.337 e. The van der Waals surface area contributed by atoms with Gasteiger partial charge in [-0.15, -0.1) is 0 Å². The Balaban J connectivity index is 2.34. The van der Waals surface area contributed by atoms with E-state index in [0.29, 0.717) is 5.56 Å². The number of ether oxygens (including phenoxy) is 1. The molecule has 88 valence electrons. The molecule has 2 aliphatic rings. The van der Waals surface area contributed by atoms with Gasteiger partial charge in [-0.2, -0.15) is 10.2 Å². The Kier molecular flexibility index (Phi) is 2.41. The van der Waals surface area contributed by atoms with E-state index in [1.807, 2.05) is 30.3 Å². The van der Waals surface area contributed by atoms with Crippen LogP contribution in [0.5, 0.6) is 0 Å². The van der Waals surface area contributed by atoms with Gasteiger partial charge in [0.15, 0.2) is 0 Å². The Hall–Kier alpha value is -2.49.